The van der Waals surface area contributed by atoms with E-state index in [-0.39, 0.29) is 23.1 Å². The number of nitro benzene ring substituents is 1. The maximum Gasteiger partial charge on any atom is 0.341 e. The Balaban J connectivity index is 3.29. The molecule has 1 atom stereocenters. The van der Waals surface area contributed by atoms with Gasteiger partial charge in [0.05, 0.1) is 18.1 Å². The van der Waals surface area contributed by atoms with Crippen LogP contribution in [0.1, 0.15) is 31.7 Å². The van der Waals surface area contributed by atoms with Crippen molar-refractivity contribution < 1.29 is 24.3 Å². The van der Waals surface area contributed by atoms with Crippen LogP contribution in [0.25, 0.3) is 0 Å². The maximum atomic E-state index is 11.1. The summed E-state index contributed by atoms with van der Waals surface area (Å²) < 4.78 is 10.1. The molecule has 1 N–H and O–H groups in total. The molecule has 0 heterocycles. The smallest absolute Gasteiger partial charge is 0.341 e. The number of benzene rings is 1. The molecule has 0 bridgehead atoms. The second-order valence-corrected chi connectivity index (χ2v) is 4.31. The number of nitro groups is 1. The molecule has 0 aliphatic rings. The average Bonchev–Trinajstić information content (AvgIpc) is 2.42. The van der Waals surface area contributed by atoms with Gasteiger partial charge in [0.2, 0.25) is 0 Å². The van der Waals surface area contributed by atoms with E-state index in [0.717, 1.165) is 6.42 Å². The van der Waals surface area contributed by atoms with Crippen LogP contribution < -0.4 is 9.47 Å². The Morgan fingerprint density at radius 2 is 2.10 bits per heavy atom. The molecule has 0 aromatic heterocycles. The Kier molecular flexibility index (Phi) is 5.31. The fourth-order valence-corrected chi connectivity index (χ4v) is 1.75. The fraction of sp³-hybridized carbons (Fsp3) is 0.462. The highest BCUT2D eigenvalue weighted by Gasteiger charge is 2.23. The van der Waals surface area contributed by atoms with Crippen LogP contribution in [-0.2, 0) is 4.79 Å². The van der Waals surface area contributed by atoms with Crippen molar-refractivity contribution in [3.63, 3.8) is 0 Å². The van der Waals surface area contributed by atoms with Gasteiger partial charge < -0.3 is 14.6 Å². The quantitative estimate of drug-likeness (QED) is 0.610. The van der Waals surface area contributed by atoms with Crippen LogP contribution in [0.4, 0.5) is 5.69 Å². The van der Waals surface area contributed by atoms with Crippen molar-refractivity contribution in [3.8, 4) is 11.5 Å². The fourth-order valence-electron chi connectivity index (χ4n) is 1.75. The molecule has 1 unspecified atom stereocenters. The first-order valence-corrected chi connectivity index (χ1v) is 6.11. The van der Waals surface area contributed by atoms with Crippen LogP contribution in [0.3, 0.4) is 0 Å². The van der Waals surface area contributed by atoms with Gasteiger partial charge in [0.25, 0.3) is 5.69 Å². The molecule has 1 aromatic carbocycles. The van der Waals surface area contributed by atoms with Crippen molar-refractivity contribution in [2.45, 2.75) is 26.2 Å². The summed E-state index contributed by atoms with van der Waals surface area (Å²) in [5, 5.41) is 19.7. The van der Waals surface area contributed by atoms with Crippen LogP contribution in [0.5, 0.6) is 11.5 Å². The number of aliphatic carboxylic acids is 1. The highest BCUT2D eigenvalue weighted by Crippen LogP contribution is 2.38. The topological polar surface area (TPSA) is 98.9 Å². The zero-order chi connectivity index (χ0) is 15.3. The molecule has 20 heavy (non-hydrogen) atoms. The second kappa shape index (κ2) is 6.74. The summed E-state index contributed by atoms with van der Waals surface area (Å²) in [5.74, 6) is -0.848. The van der Waals surface area contributed by atoms with Crippen molar-refractivity contribution >= 4 is 11.7 Å². The summed E-state index contributed by atoms with van der Waals surface area (Å²) in [6, 6.07) is 2.74. The van der Waals surface area contributed by atoms with Crippen LogP contribution in [0.2, 0.25) is 0 Å². The zero-order valence-electron chi connectivity index (χ0n) is 11.6. The van der Waals surface area contributed by atoms with Gasteiger partial charge in [0.1, 0.15) is 0 Å². The SMILES string of the molecule is CCC(C)c1cc(OC)c(OCC(=O)O)cc1[N+](=O)[O-]. The van der Waals surface area contributed by atoms with Gasteiger partial charge in [-0.15, -0.1) is 0 Å². The van der Waals surface area contributed by atoms with Crippen molar-refractivity contribution in [1.29, 1.82) is 0 Å². The standard InChI is InChI=1S/C13H17NO6/c1-4-8(2)9-5-11(19-3)12(20-7-13(15)16)6-10(9)14(17)18/h5-6,8H,4,7H2,1-3H3,(H,15,16). The lowest BCUT2D eigenvalue weighted by Crippen LogP contribution is -2.11. The molecular weight excluding hydrogens is 266 g/mol. The number of carboxylic acid groups (broad SMARTS) is 1. The third-order valence-corrected chi connectivity index (χ3v) is 3.00. The van der Waals surface area contributed by atoms with E-state index in [2.05, 4.69) is 0 Å². The molecular formula is C13H17NO6. The first-order valence-electron chi connectivity index (χ1n) is 6.11. The Morgan fingerprint density at radius 3 is 2.55 bits per heavy atom. The van der Waals surface area contributed by atoms with E-state index in [1.165, 1.54) is 19.2 Å². The molecule has 110 valence electrons. The van der Waals surface area contributed by atoms with E-state index in [1.54, 1.807) is 0 Å². The van der Waals surface area contributed by atoms with Gasteiger partial charge in [-0.3, -0.25) is 10.1 Å². The Bertz CT molecular complexity index is 514. The number of rotatable bonds is 7. The molecule has 0 aliphatic heterocycles. The van der Waals surface area contributed by atoms with E-state index in [9.17, 15) is 14.9 Å². The molecule has 0 aliphatic carbocycles. The van der Waals surface area contributed by atoms with Crippen molar-refractivity contribution in [3.05, 3.63) is 27.8 Å². The lowest BCUT2D eigenvalue weighted by molar-refractivity contribution is -0.385. The molecule has 0 amide bonds. The minimum absolute atomic E-state index is 0.0159. The van der Waals surface area contributed by atoms with Crippen molar-refractivity contribution in [2.24, 2.45) is 0 Å². The zero-order valence-corrected chi connectivity index (χ0v) is 11.6. The van der Waals surface area contributed by atoms with Crippen LogP contribution >= 0.6 is 0 Å². The third-order valence-electron chi connectivity index (χ3n) is 3.00. The molecule has 0 radical (unpaired) electrons. The molecule has 0 saturated carbocycles. The van der Waals surface area contributed by atoms with Crippen LogP contribution in [0, 0.1) is 10.1 Å². The lowest BCUT2D eigenvalue weighted by Gasteiger charge is -2.14. The summed E-state index contributed by atoms with van der Waals surface area (Å²) in [4.78, 5) is 21.1. The summed E-state index contributed by atoms with van der Waals surface area (Å²) in [6.07, 6.45) is 0.735. The highest BCUT2D eigenvalue weighted by atomic mass is 16.6. The van der Waals surface area contributed by atoms with E-state index in [1.807, 2.05) is 13.8 Å². The molecule has 0 saturated heterocycles. The summed E-state index contributed by atoms with van der Waals surface area (Å²) in [6.45, 7) is 3.21. The van der Waals surface area contributed by atoms with Gasteiger partial charge in [-0.25, -0.2) is 4.79 Å². The largest absolute Gasteiger partial charge is 0.493 e. The van der Waals surface area contributed by atoms with Crippen LogP contribution in [0.15, 0.2) is 12.1 Å². The second-order valence-electron chi connectivity index (χ2n) is 4.31. The van der Waals surface area contributed by atoms with Gasteiger partial charge in [0, 0.05) is 5.56 Å². The Labute approximate surface area is 116 Å². The molecule has 7 heteroatoms. The van der Waals surface area contributed by atoms with E-state index in [4.69, 9.17) is 14.6 Å². The van der Waals surface area contributed by atoms with Gasteiger partial charge in [-0.2, -0.15) is 0 Å². The van der Waals surface area contributed by atoms with Crippen molar-refractivity contribution in [2.75, 3.05) is 13.7 Å². The minimum atomic E-state index is -1.17. The van der Waals surface area contributed by atoms with E-state index < -0.39 is 17.5 Å². The summed E-state index contributed by atoms with van der Waals surface area (Å²) >= 11 is 0. The number of methoxy groups -OCH3 is 1. The molecule has 0 fully saturated rings. The number of ether oxygens (including phenoxy) is 2. The van der Waals surface area contributed by atoms with E-state index in [0.29, 0.717) is 5.56 Å². The lowest BCUT2D eigenvalue weighted by atomic mass is 9.96. The average molecular weight is 283 g/mol. The number of hydrogen-bond acceptors (Lipinski definition) is 5. The first kappa shape index (κ1) is 15.7. The summed E-state index contributed by atoms with van der Waals surface area (Å²) in [7, 11) is 1.40. The van der Waals surface area contributed by atoms with Gasteiger partial charge in [-0.05, 0) is 18.4 Å². The van der Waals surface area contributed by atoms with E-state index >= 15 is 0 Å². The van der Waals surface area contributed by atoms with Gasteiger partial charge >= 0.3 is 5.97 Å². The molecule has 1 rings (SSSR count). The predicted molar refractivity (Wildman–Crippen MR) is 71.5 cm³/mol. The van der Waals surface area contributed by atoms with Gasteiger partial charge in [0.15, 0.2) is 18.1 Å². The van der Waals surface area contributed by atoms with Crippen LogP contribution in [-0.4, -0.2) is 29.7 Å². The molecule has 1 aromatic rings. The highest BCUT2D eigenvalue weighted by molar-refractivity contribution is 5.69. The third kappa shape index (κ3) is 3.59. The molecule has 7 nitrogen and oxygen atoms in total. The minimum Gasteiger partial charge on any atom is -0.493 e. The predicted octanol–water partition coefficient (Wildman–Crippen LogP) is 2.58. The maximum absolute atomic E-state index is 11.1. The number of carboxylic acids is 1. The molecule has 0 spiro atoms. The number of nitrogens with zero attached hydrogens (tertiary/aromatic N) is 1. The van der Waals surface area contributed by atoms with Gasteiger partial charge in [-0.1, -0.05) is 13.8 Å². The Hall–Kier alpha value is -2.31. The normalized spacial score (nSPS) is 11.8. The van der Waals surface area contributed by atoms with Crippen molar-refractivity contribution in [1.82, 2.24) is 0 Å². The summed E-state index contributed by atoms with van der Waals surface area (Å²) in [5.41, 5.74) is 0.442. The monoisotopic (exact) mass is 283 g/mol. The first-order chi connectivity index (χ1) is 9.40. The number of hydrogen-bond donors (Lipinski definition) is 1. The Morgan fingerprint density at radius 1 is 1.45 bits per heavy atom. The number of carbonyl (C=O) groups is 1.